The average Bonchev–Trinajstić information content (AvgIpc) is 2.74. The van der Waals surface area contributed by atoms with Crippen LogP contribution < -0.4 is 0 Å². The van der Waals surface area contributed by atoms with Crippen molar-refractivity contribution in [3.63, 3.8) is 0 Å². The number of aromatic nitrogens is 2. The molecular formula is C12H10N2O2. The number of carbonyl (C=O) groups excluding carboxylic acids is 1. The highest BCUT2D eigenvalue weighted by atomic mass is 16.6. The van der Waals surface area contributed by atoms with E-state index in [1.54, 1.807) is 6.20 Å². The lowest BCUT2D eigenvalue weighted by molar-refractivity contribution is -0.0958. The molecule has 0 aromatic carbocycles. The number of ether oxygens (including phenoxy) is 1. The molecule has 4 nitrogen and oxygen atoms in total. The Kier molecular flexibility index (Phi) is 1.28. The average molecular weight is 214 g/mol. The smallest absolute Gasteiger partial charge is 0.357 e. The highest BCUT2D eigenvalue weighted by molar-refractivity contribution is 5.96. The van der Waals surface area contributed by atoms with Crippen LogP contribution in [0.4, 0.5) is 0 Å². The van der Waals surface area contributed by atoms with Gasteiger partial charge in [0.2, 0.25) is 0 Å². The molecule has 0 radical (unpaired) electrons. The van der Waals surface area contributed by atoms with E-state index in [2.05, 4.69) is 4.98 Å². The van der Waals surface area contributed by atoms with Gasteiger partial charge in [-0.2, -0.15) is 0 Å². The number of hydrogen-bond donors (Lipinski definition) is 0. The lowest BCUT2D eigenvalue weighted by Crippen LogP contribution is -2.39. The Morgan fingerprint density at radius 2 is 2.31 bits per heavy atom. The second kappa shape index (κ2) is 2.45. The zero-order valence-corrected chi connectivity index (χ0v) is 8.64. The van der Waals surface area contributed by atoms with Crippen LogP contribution in [0.1, 0.15) is 29.8 Å². The summed E-state index contributed by atoms with van der Waals surface area (Å²) in [4.78, 5) is 16.0. The van der Waals surface area contributed by atoms with Gasteiger partial charge in [-0.1, -0.05) is 0 Å². The third-order valence-corrected chi connectivity index (χ3v) is 3.61. The van der Waals surface area contributed by atoms with E-state index in [1.807, 2.05) is 22.8 Å². The predicted octanol–water partition coefficient (Wildman–Crippen LogP) is 2.04. The molecule has 1 aliphatic heterocycles. The minimum absolute atomic E-state index is 0.210. The standard InChI is InChI=1S/C12H10N2O2/c15-11-10-7-8-9(3-1-6-13-8)14(10)12(16-11)4-2-5-12/h1,3,6-7H,2,4-5H2. The highest BCUT2D eigenvalue weighted by Crippen LogP contribution is 2.47. The summed E-state index contributed by atoms with van der Waals surface area (Å²) >= 11 is 0. The quantitative estimate of drug-likeness (QED) is 0.630. The molecule has 1 fully saturated rings. The van der Waals surface area contributed by atoms with E-state index in [0.29, 0.717) is 5.69 Å². The van der Waals surface area contributed by atoms with Crippen LogP contribution in [0.5, 0.6) is 0 Å². The van der Waals surface area contributed by atoms with E-state index < -0.39 is 5.72 Å². The van der Waals surface area contributed by atoms with Crippen LogP contribution in [0, 0.1) is 0 Å². The van der Waals surface area contributed by atoms with Crippen LogP contribution in [0.15, 0.2) is 24.4 Å². The molecule has 4 rings (SSSR count). The fraction of sp³-hybridized carbons (Fsp3) is 0.333. The Bertz CT molecular complexity index is 611. The first-order valence-corrected chi connectivity index (χ1v) is 5.50. The van der Waals surface area contributed by atoms with Gasteiger partial charge in [0, 0.05) is 19.0 Å². The molecule has 0 amide bonds. The Hall–Kier alpha value is -1.84. The van der Waals surface area contributed by atoms with E-state index in [-0.39, 0.29) is 5.97 Å². The summed E-state index contributed by atoms with van der Waals surface area (Å²) in [6.45, 7) is 0. The monoisotopic (exact) mass is 214 g/mol. The zero-order chi connectivity index (χ0) is 10.8. The summed E-state index contributed by atoms with van der Waals surface area (Å²) in [5, 5.41) is 0. The predicted molar refractivity (Wildman–Crippen MR) is 57.0 cm³/mol. The molecule has 0 saturated heterocycles. The molecule has 3 heterocycles. The first-order chi connectivity index (χ1) is 7.80. The molecule has 2 aromatic heterocycles. The fourth-order valence-corrected chi connectivity index (χ4v) is 2.70. The largest absolute Gasteiger partial charge is 0.434 e. The van der Waals surface area contributed by atoms with Crippen LogP contribution in [0.3, 0.4) is 0 Å². The fourth-order valence-electron chi connectivity index (χ4n) is 2.70. The maximum atomic E-state index is 11.8. The topological polar surface area (TPSA) is 44.1 Å². The summed E-state index contributed by atoms with van der Waals surface area (Å²) in [6.07, 6.45) is 4.71. The van der Waals surface area contributed by atoms with Crippen LogP contribution in [0.2, 0.25) is 0 Å². The molecule has 1 spiro atoms. The van der Waals surface area contributed by atoms with Crippen molar-refractivity contribution in [2.75, 3.05) is 0 Å². The van der Waals surface area contributed by atoms with Gasteiger partial charge in [-0.15, -0.1) is 0 Å². The number of pyridine rings is 1. The van der Waals surface area contributed by atoms with Gasteiger partial charge in [0.15, 0.2) is 5.72 Å². The van der Waals surface area contributed by atoms with Gasteiger partial charge in [-0.3, -0.25) is 9.55 Å². The van der Waals surface area contributed by atoms with Crippen molar-refractivity contribution >= 4 is 17.0 Å². The zero-order valence-electron chi connectivity index (χ0n) is 8.64. The Morgan fingerprint density at radius 1 is 1.44 bits per heavy atom. The van der Waals surface area contributed by atoms with Crippen molar-refractivity contribution in [1.29, 1.82) is 0 Å². The van der Waals surface area contributed by atoms with Crippen LogP contribution >= 0.6 is 0 Å². The van der Waals surface area contributed by atoms with Gasteiger partial charge in [-0.25, -0.2) is 4.79 Å². The van der Waals surface area contributed by atoms with Gasteiger partial charge in [0.25, 0.3) is 0 Å². The third kappa shape index (κ3) is 0.777. The van der Waals surface area contributed by atoms with E-state index in [9.17, 15) is 4.79 Å². The van der Waals surface area contributed by atoms with Crippen LogP contribution in [0.25, 0.3) is 11.0 Å². The van der Waals surface area contributed by atoms with Gasteiger partial charge in [0.05, 0.1) is 11.0 Å². The normalized spacial score (nSPS) is 20.9. The third-order valence-electron chi connectivity index (χ3n) is 3.61. The number of carbonyl (C=O) groups is 1. The van der Waals surface area contributed by atoms with E-state index in [0.717, 1.165) is 30.3 Å². The first kappa shape index (κ1) is 8.33. The molecule has 0 N–H and O–H groups in total. The number of hydrogen-bond acceptors (Lipinski definition) is 3. The SMILES string of the molecule is O=C1OC2(CCC2)n2c1cc1ncccc12. The molecule has 0 unspecified atom stereocenters. The molecule has 0 bridgehead atoms. The van der Waals surface area contributed by atoms with Gasteiger partial charge < -0.3 is 4.74 Å². The molecule has 80 valence electrons. The Morgan fingerprint density at radius 3 is 3.06 bits per heavy atom. The van der Waals surface area contributed by atoms with Crippen molar-refractivity contribution in [2.24, 2.45) is 0 Å². The van der Waals surface area contributed by atoms with Gasteiger partial charge >= 0.3 is 5.97 Å². The van der Waals surface area contributed by atoms with Gasteiger partial charge in [-0.05, 0) is 24.6 Å². The molecule has 4 heteroatoms. The highest BCUT2D eigenvalue weighted by Gasteiger charge is 2.50. The van der Waals surface area contributed by atoms with E-state index in [1.165, 1.54) is 0 Å². The summed E-state index contributed by atoms with van der Waals surface area (Å²) in [5.41, 5.74) is 2.13. The maximum absolute atomic E-state index is 11.8. The summed E-state index contributed by atoms with van der Waals surface area (Å²) < 4.78 is 7.53. The van der Waals surface area contributed by atoms with Crippen molar-refractivity contribution in [2.45, 2.75) is 25.0 Å². The second-order valence-corrected chi connectivity index (χ2v) is 4.46. The molecular weight excluding hydrogens is 204 g/mol. The minimum atomic E-state index is -0.392. The molecule has 1 aliphatic carbocycles. The summed E-state index contributed by atoms with van der Waals surface area (Å²) in [7, 11) is 0. The summed E-state index contributed by atoms with van der Waals surface area (Å²) in [6, 6.07) is 5.71. The Balaban J connectivity index is 2.10. The number of esters is 1. The van der Waals surface area contributed by atoms with E-state index >= 15 is 0 Å². The maximum Gasteiger partial charge on any atom is 0.357 e. The van der Waals surface area contributed by atoms with Crippen molar-refractivity contribution in [3.05, 3.63) is 30.1 Å². The second-order valence-electron chi connectivity index (χ2n) is 4.46. The van der Waals surface area contributed by atoms with Crippen molar-refractivity contribution in [1.82, 2.24) is 9.55 Å². The van der Waals surface area contributed by atoms with Crippen molar-refractivity contribution in [3.8, 4) is 0 Å². The molecule has 0 atom stereocenters. The molecule has 2 aliphatic rings. The van der Waals surface area contributed by atoms with Crippen LogP contribution in [-0.4, -0.2) is 15.5 Å². The molecule has 1 saturated carbocycles. The number of nitrogens with zero attached hydrogens (tertiary/aromatic N) is 2. The minimum Gasteiger partial charge on any atom is -0.434 e. The Labute approximate surface area is 91.8 Å². The molecule has 2 aromatic rings. The van der Waals surface area contributed by atoms with E-state index in [4.69, 9.17) is 4.74 Å². The lowest BCUT2D eigenvalue weighted by atomic mass is 9.88. The summed E-state index contributed by atoms with van der Waals surface area (Å²) in [5.74, 6) is -0.210. The number of rotatable bonds is 0. The lowest BCUT2D eigenvalue weighted by Gasteiger charge is -2.38. The number of fused-ring (bicyclic) bond motifs is 4. The first-order valence-electron chi connectivity index (χ1n) is 5.50. The van der Waals surface area contributed by atoms with Crippen molar-refractivity contribution < 1.29 is 9.53 Å². The van der Waals surface area contributed by atoms with Crippen LogP contribution in [-0.2, 0) is 10.5 Å². The molecule has 16 heavy (non-hydrogen) atoms. The van der Waals surface area contributed by atoms with Gasteiger partial charge in [0.1, 0.15) is 5.69 Å².